The van der Waals surface area contributed by atoms with Gasteiger partial charge in [-0.15, -0.1) is 0 Å². The Morgan fingerprint density at radius 1 is 1.24 bits per heavy atom. The molecule has 3 N–H and O–H groups in total. The molecule has 1 amide bonds. The Balaban J connectivity index is 1.52. The number of carboxylic acid groups (broad SMARTS) is 1. The van der Waals surface area contributed by atoms with Crippen LogP contribution in [0, 0.1) is 5.92 Å². The molecule has 1 aromatic heterocycles. The second-order valence-electron chi connectivity index (χ2n) is 6.59. The number of carboxylic acids is 1. The molecular formula is C18H20N4O3. The van der Waals surface area contributed by atoms with E-state index >= 15 is 0 Å². The Kier molecular flexibility index (Phi) is 4.01. The van der Waals surface area contributed by atoms with Crippen molar-refractivity contribution in [3.05, 3.63) is 41.2 Å². The van der Waals surface area contributed by atoms with Gasteiger partial charge in [-0.25, -0.2) is 9.78 Å². The summed E-state index contributed by atoms with van der Waals surface area (Å²) in [6.45, 7) is 2.94. The van der Waals surface area contributed by atoms with E-state index in [4.69, 9.17) is 5.11 Å². The first kappa shape index (κ1) is 15.8. The van der Waals surface area contributed by atoms with E-state index in [1.165, 1.54) is 0 Å². The maximum absolute atomic E-state index is 12.6. The number of nitrogens with one attached hydrogen (secondary N) is 2. The van der Waals surface area contributed by atoms with Crippen molar-refractivity contribution in [2.45, 2.75) is 19.4 Å². The average molecular weight is 340 g/mol. The molecule has 130 valence electrons. The fourth-order valence-corrected chi connectivity index (χ4v) is 3.51. The van der Waals surface area contributed by atoms with Gasteiger partial charge in [-0.3, -0.25) is 4.79 Å². The lowest BCUT2D eigenvalue weighted by atomic mass is 10.0. The van der Waals surface area contributed by atoms with Crippen LogP contribution in [0.4, 0.5) is 0 Å². The molecule has 0 aliphatic carbocycles. The molecular weight excluding hydrogens is 320 g/mol. The molecule has 25 heavy (non-hydrogen) atoms. The zero-order valence-electron chi connectivity index (χ0n) is 13.8. The maximum atomic E-state index is 12.6. The quantitative estimate of drug-likeness (QED) is 0.782. The third kappa shape index (κ3) is 3.02. The predicted octanol–water partition coefficient (Wildman–Crippen LogP) is 1.27. The Hall–Kier alpha value is -2.67. The molecule has 1 fully saturated rings. The van der Waals surface area contributed by atoms with Gasteiger partial charge < -0.3 is 20.3 Å². The third-order valence-electron chi connectivity index (χ3n) is 4.96. The van der Waals surface area contributed by atoms with E-state index in [2.05, 4.69) is 15.3 Å². The SMILES string of the molecule is O=C(O)c1ccc(-c2nc3c([nH]2)CN(C(=O)[C@@H]2CCNC2)CC3)cc1. The van der Waals surface area contributed by atoms with Crippen LogP contribution in [0.5, 0.6) is 0 Å². The number of aromatic carboxylic acids is 1. The highest BCUT2D eigenvalue weighted by atomic mass is 16.4. The van der Waals surface area contributed by atoms with Crippen molar-refractivity contribution in [1.29, 1.82) is 0 Å². The molecule has 1 aromatic carbocycles. The van der Waals surface area contributed by atoms with Crippen LogP contribution in [0.25, 0.3) is 11.4 Å². The van der Waals surface area contributed by atoms with E-state index in [9.17, 15) is 9.59 Å². The average Bonchev–Trinajstić information content (AvgIpc) is 3.30. The van der Waals surface area contributed by atoms with Gasteiger partial charge in [0.1, 0.15) is 5.82 Å². The summed E-state index contributed by atoms with van der Waals surface area (Å²) in [5, 5.41) is 12.2. The standard InChI is InChI=1S/C18H20N4O3/c23-17(13-5-7-19-9-13)22-8-6-14-15(10-22)21-16(20-14)11-1-3-12(4-2-11)18(24)25/h1-4,13,19H,5-10H2,(H,20,21)(H,24,25)/t13-/m1/s1. The molecule has 1 saturated heterocycles. The van der Waals surface area contributed by atoms with Gasteiger partial charge in [0, 0.05) is 25.1 Å². The number of fused-ring (bicyclic) bond motifs is 1. The number of imidazole rings is 1. The number of carbonyl (C=O) groups is 2. The molecule has 0 bridgehead atoms. The van der Waals surface area contributed by atoms with Crippen LogP contribution in [-0.4, -0.2) is 51.5 Å². The van der Waals surface area contributed by atoms with Crippen molar-refractivity contribution in [1.82, 2.24) is 20.2 Å². The smallest absolute Gasteiger partial charge is 0.335 e. The van der Waals surface area contributed by atoms with Crippen molar-refractivity contribution in [3.63, 3.8) is 0 Å². The minimum Gasteiger partial charge on any atom is -0.478 e. The molecule has 2 aliphatic rings. The number of nitrogens with zero attached hydrogens (tertiary/aromatic N) is 2. The van der Waals surface area contributed by atoms with Crippen molar-refractivity contribution in [2.24, 2.45) is 5.92 Å². The van der Waals surface area contributed by atoms with Crippen LogP contribution in [0.1, 0.15) is 28.2 Å². The monoisotopic (exact) mass is 340 g/mol. The topological polar surface area (TPSA) is 98.3 Å². The molecule has 2 aliphatic heterocycles. The predicted molar refractivity (Wildman–Crippen MR) is 91.1 cm³/mol. The lowest BCUT2D eigenvalue weighted by Gasteiger charge is -2.28. The molecule has 7 heteroatoms. The first-order valence-electron chi connectivity index (χ1n) is 8.53. The van der Waals surface area contributed by atoms with E-state index in [-0.39, 0.29) is 17.4 Å². The summed E-state index contributed by atoms with van der Waals surface area (Å²) in [7, 11) is 0. The number of H-pyrrole nitrogens is 1. The van der Waals surface area contributed by atoms with Crippen LogP contribution in [-0.2, 0) is 17.8 Å². The lowest BCUT2D eigenvalue weighted by Crippen LogP contribution is -2.40. The van der Waals surface area contributed by atoms with Crippen LogP contribution in [0.15, 0.2) is 24.3 Å². The summed E-state index contributed by atoms with van der Waals surface area (Å²) in [4.78, 5) is 33.4. The molecule has 0 saturated carbocycles. The van der Waals surface area contributed by atoms with Crippen LogP contribution < -0.4 is 5.32 Å². The van der Waals surface area contributed by atoms with Gasteiger partial charge in [-0.2, -0.15) is 0 Å². The molecule has 0 spiro atoms. The number of hydrogen-bond donors (Lipinski definition) is 3. The number of amides is 1. The summed E-state index contributed by atoms with van der Waals surface area (Å²) < 4.78 is 0. The summed E-state index contributed by atoms with van der Waals surface area (Å²) in [6, 6.07) is 6.64. The highest BCUT2D eigenvalue weighted by molar-refractivity contribution is 5.88. The Bertz CT molecular complexity index is 806. The number of hydrogen-bond acceptors (Lipinski definition) is 4. The minimum absolute atomic E-state index is 0.0903. The Labute approximate surface area is 145 Å². The van der Waals surface area contributed by atoms with Gasteiger partial charge in [-0.05, 0) is 25.1 Å². The fourth-order valence-electron chi connectivity index (χ4n) is 3.51. The van der Waals surface area contributed by atoms with Crippen LogP contribution >= 0.6 is 0 Å². The summed E-state index contributed by atoms with van der Waals surface area (Å²) in [6.07, 6.45) is 1.65. The second kappa shape index (κ2) is 6.33. The Morgan fingerprint density at radius 3 is 2.72 bits per heavy atom. The minimum atomic E-state index is -0.944. The van der Waals surface area contributed by atoms with Crippen molar-refractivity contribution < 1.29 is 14.7 Å². The van der Waals surface area contributed by atoms with E-state index in [1.54, 1.807) is 24.3 Å². The highest BCUT2D eigenvalue weighted by Gasteiger charge is 2.30. The highest BCUT2D eigenvalue weighted by Crippen LogP contribution is 2.24. The zero-order valence-corrected chi connectivity index (χ0v) is 13.8. The molecule has 0 radical (unpaired) electrons. The number of aromatic nitrogens is 2. The van der Waals surface area contributed by atoms with Gasteiger partial charge in [0.05, 0.1) is 29.4 Å². The summed E-state index contributed by atoms with van der Waals surface area (Å²) in [5.41, 5.74) is 3.06. The van der Waals surface area contributed by atoms with Crippen LogP contribution in [0.2, 0.25) is 0 Å². The number of aromatic amines is 1. The van der Waals surface area contributed by atoms with Crippen molar-refractivity contribution in [3.8, 4) is 11.4 Å². The molecule has 0 unspecified atom stereocenters. The Morgan fingerprint density at radius 2 is 2.04 bits per heavy atom. The van der Waals surface area contributed by atoms with E-state index < -0.39 is 5.97 Å². The third-order valence-corrected chi connectivity index (χ3v) is 4.96. The van der Waals surface area contributed by atoms with Crippen LogP contribution in [0.3, 0.4) is 0 Å². The van der Waals surface area contributed by atoms with E-state index in [0.717, 1.165) is 48.7 Å². The number of rotatable bonds is 3. The maximum Gasteiger partial charge on any atom is 0.335 e. The first-order valence-corrected chi connectivity index (χ1v) is 8.53. The van der Waals surface area contributed by atoms with Gasteiger partial charge in [0.25, 0.3) is 0 Å². The van der Waals surface area contributed by atoms with E-state index in [0.29, 0.717) is 13.1 Å². The van der Waals surface area contributed by atoms with Gasteiger partial charge in [-0.1, -0.05) is 12.1 Å². The van der Waals surface area contributed by atoms with Gasteiger partial charge in [0.15, 0.2) is 0 Å². The molecule has 7 nitrogen and oxygen atoms in total. The number of benzene rings is 1. The fraction of sp³-hybridized carbons (Fsp3) is 0.389. The summed E-state index contributed by atoms with van der Waals surface area (Å²) in [5.74, 6) is 0.0877. The first-order chi connectivity index (χ1) is 12.1. The zero-order chi connectivity index (χ0) is 17.4. The van der Waals surface area contributed by atoms with Gasteiger partial charge >= 0.3 is 5.97 Å². The van der Waals surface area contributed by atoms with E-state index in [1.807, 2.05) is 4.90 Å². The largest absolute Gasteiger partial charge is 0.478 e. The van der Waals surface area contributed by atoms with Gasteiger partial charge in [0.2, 0.25) is 5.91 Å². The van der Waals surface area contributed by atoms with Crippen molar-refractivity contribution in [2.75, 3.05) is 19.6 Å². The molecule has 4 rings (SSSR count). The second-order valence-corrected chi connectivity index (χ2v) is 6.59. The molecule has 3 heterocycles. The molecule has 2 aromatic rings. The summed E-state index contributed by atoms with van der Waals surface area (Å²) >= 11 is 0. The van der Waals surface area contributed by atoms with Crippen molar-refractivity contribution >= 4 is 11.9 Å². The lowest BCUT2D eigenvalue weighted by molar-refractivity contribution is -0.135. The molecule has 1 atom stereocenters. The number of carbonyl (C=O) groups excluding carboxylic acids is 1. The normalized spacial score (nSPS) is 19.7.